The van der Waals surface area contributed by atoms with Crippen molar-refractivity contribution >= 4 is 22.4 Å². The van der Waals surface area contributed by atoms with Crippen LogP contribution in [0.25, 0.3) is 22.3 Å². The number of anilines is 2. The predicted octanol–water partition coefficient (Wildman–Crippen LogP) is 6.61. The number of pyridine rings is 1. The van der Waals surface area contributed by atoms with Gasteiger partial charge in [0.25, 0.3) is 0 Å². The van der Waals surface area contributed by atoms with Gasteiger partial charge in [-0.3, -0.25) is 0 Å². The molecule has 0 radical (unpaired) electrons. The van der Waals surface area contributed by atoms with E-state index in [1.165, 1.54) is 17.7 Å². The average molecular weight is 424 g/mol. The third-order valence-electron chi connectivity index (χ3n) is 5.49. The van der Waals surface area contributed by atoms with Gasteiger partial charge in [-0.25, -0.2) is 4.98 Å². The Balaban J connectivity index is 1.56. The molecule has 1 unspecified atom stereocenters. The highest BCUT2D eigenvalue weighted by atomic mass is 19.4. The Morgan fingerprint density at radius 3 is 2.23 bits per heavy atom. The summed E-state index contributed by atoms with van der Waals surface area (Å²) in [6, 6.07) is 17.5. The van der Waals surface area contributed by atoms with E-state index in [1.807, 2.05) is 12.1 Å². The van der Waals surface area contributed by atoms with E-state index in [0.29, 0.717) is 17.4 Å². The van der Waals surface area contributed by atoms with Crippen molar-refractivity contribution in [2.24, 2.45) is 0 Å². The molecule has 0 fully saturated rings. The van der Waals surface area contributed by atoms with Crippen LogP contribution in [0.15, 0.2) is 66.9 Å². The quantitative estimate of drug-likeness (QED) is 0.379. The van der Waals surface area contributed by atoms with Crippen molar-refractivity contribution in [1.29, 1.82) is 0 Å². The van der Waals surface area contributed by atoms with Crippen LogP contribution in [0.5, 0.6) is 0 Å². The zero-order chi connectivity index (χ0) is 22.2. The van der Waals surface area contributed by atoms with Gasteiger partial charge in [-0.15, -0.1) is 0 Å². The number of aromatic amines is 1. The highest BCUT2D eigenvalue weighted by molar-refractivity contribution is 5.93. The summed E-state index contributed by atoms with van der Waals surface area (Å²) in [6.45, 7) is 2.16. The summed E-state index contributed by atoms with van der Waals surface area (Å²) >= 11 is 0. The van der Waals surface area contributed by atoms with Crippen molar-refractivity contribution in [2.75, 3.05) is 19.4 Å². The third-order valence-corrected chi connectivity index (χ3v) is 5.49. The van der Waals surface area contributed by atoms with Crippen LogP contribution >= 0.6 is 0 Å². The minimum atomic E-state index is -4.34. The maximum atomic E-state index is 12.7. The second-order valence-corrected chi connectivity index (χ2v) is 7.76. The van der Waals surface area contributed by atoms with E-state index in [1.54, 1.807) is 6.20 Å². The van der Waals surface area contributed by atoms with Gasteiger partial charge in [0.05, 0.1) is 16.9 Å². The summed E-state index contributed by atoms with van der Waals surface area (Å²) in [7, 11) is 4.10. The van der Waals surface area contributed by atoms with Gasteiger partial charge in [0, 0.05) is 28.9 Å². The highest BCUT2D eigenvalue weighted by Gasteiger charge is 2.29. The normalized spacial score (nSPS) is 13.0. The number of H-pyrrole nitrogens is 1. The molecule has 2 aromatic carbocycles. The summed E-state index contributed by atoms with van der Waals surface area (Å²) in [4.78, 5) is 10.0. The number of aromatic nitrogens is 2. The van der Waals surface area contributed by atoms with Gasteiger partial charge in [-0.05, 0) is 63.0 Å². The number of rotatable bonds is 5. The molecule has 0 saturated carbocycles. The Labute approximate surface area is 178 Å². The summed E-state index contributed by atoms with van der Waals surface area (Å²) in [5.74, 6) is 0. The van der Waals surface area contributed by atoms with E-state index < -0.39 is 11.7 Å². The molecule has 2 heterocycles. The number of nitrogens with zero attached hydrogens (tertiary/aromatic N) is 2. The molecule has 0 spiro atoms. The monoisotopic (exact) mass is 424 g/mol. The summed E-state index contributed by atoms with van der Waals surface area (Å²) in [5.41, 5.74) is 4.46. The molecule has 31 heavy (non-hydrogen) atoms. The average Bonchev–Trinajstić information content (AvgIpc) is 3.15. The summed E-state index contributed by atoms with van der Waals surface area (Å²) in [5, 5.41) is 4.01. The van der Waals surface area contributed by atoms with E-state index >= 15 is 0 Å². The Bertz CT molecular complexity index is 1180. The van der Waals surface area contributed by atoms with Crippen molar-refractivity contribution < 1.29 is 13.2 Å². The lowest BCUT2D eigenvalue weighted by atomic mass is 10.0. The fourth-order valence-electron chi connectivity index (χ4n) is 3.40. The zero-order valence-electron chi connectivity index (χ0n) is 17.5. The van der Waals surface area contributed by atoms with Crippen LogP contribution < -0.4 is 5.32 Å². The summed E-state index contributed by atoms with van der Waals surface area (Å²) in [6.07, 6.45) is -2.58. The zero-order valence-corrected chi connectivity index (χ0v) is 17.5. The number of alkyl halides is 3. The summed E-state index contributed by atoms with van der Waals surface area (Å²) < 4.78 is 38.2. The number of nitrogens with one attached hydrogen (secondary N) is 2. The first-order valence-corrected chi connectivity index (χ1v) is 9.91. The van der Waals surface area contributed by atoms with Gasteiger partial charge in [0.15, 0.2) is 0 Å². The van der Waals surface area contributed by atoms with Crippen molar-refractivity contribution in [2.45, 2.75) is 19.1 Å². The van der Waals surface area contributed by atoms with Crippen LogP contribution in [0.2, 0.25) is 0 Å². The molecule has 4 aromatic rings. The van der Waals surface area contributed by atoms with Gasteiger partial charge in [-0.1, -0.05) is 24.3 Å². The lowest BCUT2D eigenvalue weighted by Crippen LogP contribution is -2.16. The van der Waals surface area contributed by atoms with Crippen LogP contribution in [-0.2, 0) is 6.18 Å². The maximum absolute atomic E-state index is 12.7. The van der Waals surface area contributed by atoms with Crippen LogP contribution in [0.1, 0.15) is 24.1 Å². The Hall–Kier alpha value is -3.32. The molecule has 0 aliphatic rings. The first-order valence-electron chi connectivity index (χ1n) is 9.91. The van der Waals surface area contributed by atoms with Gasteiger partial charge in [-0.2, -0.15) is 13.2 Å². The number of hydrogen-bond acceptors (Lipinski definition) is 3. The lowest BCUT2D eigenvalue weighted by Gasteiger charge is -2.20. The molecule has 4 rings (SSSR count). The fraction of sp³-hybridized carbons (Fsp3) is 0.208. The van der Waals surface area contributed by atoms with Gasteiger partial charge < -0.3 is 15.2 Å². The standard InChI is InChI=1S/C24H23F3N4/c1-15(31(2)3)16-4-6-17(7-5-16)21-13-12-20-22(14-28-23(20)30-21)29-19-10-8-18(9-11-19)24(25,26)27/h4-15,29H,1-3H3,(H,28,30). The van der Waals surface area contributed by atoms with Crippen molar-refractivity contribution in [3.8, 4) is 11.3 Å². The second kappa shape index (κ2) is 8.07. The topological polar surface area (TPSA) is 44.0 Å². The molecule has 1 atom stereocenters. The smallest absolute Gasteiger partial charge is 0.354 e. The van der Waals surface area contributed by atoms with Crippen molar-refractivity contribution in [3.05, 3.63) is 78.0 Å². The molecule has 0 aliphatic heterocycles. The number of halogens is 3. The number of fused-ring (bicyclic) bond motifs is 1. The van der Waals surface area contributed by atoms with Crippen LogP contribution in [0.3, 0.4) is 0 Å². The molecule has 4 nitrogen and oxygen atoms in total. The first-order chi connectivity index (χ1) is 14.7. The van der Waals surface area contributed by atoms with Crippen molar-refractivity contribution in [1.82, 2.24) is 14.9 Å². The molecule has 2 aromatic heterocycles. The minimum Gasteiger partial charge on any atom is -0.354 e. The molecule has 0 saturated heterocycles. The molecule has 7 heteroatoms. The van der Waals surface area contributed by atoms with Crippen LogP contribution in [0.4, 0.5) is 24.5 Å². The van der Waals surface area contributed by atoms with E-state index in [-0.39, 0.29) is 0 Å². The van der Waals surface area contributed by atoms with E-state index in [2.05, 4.69) is 60.5 Å². The molecule has 0 aliphatic carbocycles. The predicted molar refractivity (Wildman–Crippen MR) is 118 cm³/mol. The van der Waals surface area contributed by atoms with Crippen molar-refractivity contribution in [3.63, 3.8) is 0 Å². The SMILES string of the molecule is CC(c1ccc(-c2ccc3c(Nc4ccc(C(F)(F)F)cc4)c[nH]c3n2)cc1)N(C)C. The Kier molecular flexibility index (Phi) is 5.45. The molecule has 2 N–H and O–H groups in total. The Morgan fingerprint density at radius 2 is 1.61 bits per heavy atom. The van der Waals surface area contributed by atoms with Gasteiger partial charge in [0.2, 0.25) is 0 Å². The third kappa shape index (κ3) is 4.41. The number of hydrogen-bond donors (Lipinski definition) is 2. The minimum absolute atomic E-state index is 0.326. The van der Waals surface area contributed by atoms with E-state index in [9.17, 15) is 13.2 Å². The van der Waals surface area contributed by atoms with E-state index in [0.717, 1.165) is 34.5 Å². The first kappa shape index (κ1) is 20.9. The van der Waals surface area contributed by atoms with E-state index in [4.69, 9.17) is 4.98 Å². The number of benzene rings is 2. The molecule has 0 amide bonds. The second-order valence-electron chi connectivity index (χ2n) is 7.76. The Morgan fingerprint density at radius 1 is 0.935 bits per heavy atom. The fourth-order valence-corrected chi connectivity index (χ4v) is 3.40. The van der Waals surface area contributed by atoms with Gasteiger partial charge in [0.1, 0.15) is 5.65 Å². The molecular weight excluding hydrogens is 401 g/mol. The van der Waals surface area contributed by atoms with Gasteiger partial charge >= 0.3 is 6.18 Å². The molecule has 160 valence electrons. The molecule has 0 bridgehead atoms. The van der Waals surface area contributed by atoms with Crippen LogP contribution in [-0.4, -0.2) is 29.0 Å². The molecular formula is C24H23F3N4. The highest BCUT2D eigenvalue weighted by Crippen LogP contribution is 2.32. The largest absolute Gasteiger partial charge is 0.416 e. The lowest BCUT2D eigenvalue weighted by molar-refractivity contribution is -0.137. The van der Waals surface area contributed by atoms with Crippen LogP contribution in [0, 0.1) is 0 Å². The maximum Gasteiger partial charge on any atom is 0.416 e.